The minimum atomic E-state index is -0.401. The van der Waals surface area contributed by atoms with Crippen LogP contribution in [0, 0.1) is 12.7 Å². The molecule has 3 nitrogen and oxygen atoms in total. The van der Waals surface area contributed by atoms with E-state index in [-0.39, 0.29) is 5.75 Å². The van der Waals surface area contributed by atoms with E-state index in [0.29, 0.717) is 5.56 Å². The largest absolute Gasteiger partial charge is 0.494 e. The normalized spacial score (nSPS) is 10.7. The van der Waals surface area contributed by atoms with E-state index in [4.69, 9.17) is 4.74 Å². The van der Waals surface area contributed by atoms with Crippen molar-refractivity contribution in [3.63, 3.8) is 0 Å². The molecule has 0 radical (unpaired) electrons. The monoisotopic (exact) mass is 258 g/mol. The van der Waals surface area contributed by atoms with Gasteiger partial charge >= 0.3 is 0 Å². The lowest BCUT2D eigenvalue weighted by molar-refractivity contribution is 0.386. The molecular weight excluding hydrogens is 243 g/mol. The SMILES string of the molecule is COc1ccc(/C=N\Nc2cccc(C)c2)cc1F. The second kappa shape index (κ2) is 6.00. The molecule has 2 aromatic rings. The van der Waals surface area contributed by atoms with Crippen LogP contribution in [0.3, 0.4) is 0 Å². The lowest BCUT2D eigenvalue weighted by Crippen LogP contribution is -1.93. The number of rotatable bonds is 4. The molecule has 1 N–H and O–H groups in total. The number of halogens is 1. The average Bonchev–Trinajstić information content (AvgIpc) is 2.39. The van der Waals surface area contributed by atoms with Gasteiger partial charge in [0, 0.05) is 0 Å². The molecule has 0 fully saturated rings. The summed E-state index contributed by atoms with van der Waals surface area (Å²) >= 11 is 0. The predicted octanol–water partition coefficient (Wildman–Crippen LogP) is 3.59. The Kier molecular flexibility index (Phi) is 4.13. The van der Waals surface area contributed by atoms with Gasteiger partial charge in [0.05, 0.1) is 19.0 Å². The molecule has 0 spiro atoms. The van der Waals surface area contributed by atoms with Crippen LogP contribution in [0.1, 0.15) is 11.1 Å². The third-order valence-electron chi connectivity index (χ3n) is 2.60. The van der Waals surface area contributed by atoms with Crippen molar-refractivity contribution in [3.05, 3.63) is 59.4 Å². The predicted molar refractivity (Wildman–Crippen MR) is 75.3 cm³/mol. The Morgan fingerprint density at radius 2 is 2.05 bits per heavy atom. The van der Waals surface area contributed by atoms with Gasteiger partial charge in [-0.1, -0.05) is 12.1 Å². The van der Waals surface area contributed by atoms with Crippen LogP contribution < -0.4 is 10.2 Å². The number of methoxy groups -OCH3 is 1. The highest BCUT2D eigenvalue weighted by atomic mass is 19.1. The quantitative estimate of drug-likeness (QED) is 0.671. The maximum atomic E-state index is 13.4. The van der Waals surface area contributed by atoms with Crippen LogP contribution in [0.4, 0.5) is 10.1 Å². The zero-order valence-electron chi connectivity index (χ0n) is 10.9. The van der Waals surface area contributed by atoms with Gasteiger partial charge in [0.15, 0.2) is 11.6 Å². The first kappa shape index (κ1) is 13.1. The number of hydrogen-bond acceptors (Lipinski definition) is 3. The number of hydrazone groups is 1. The summed E-state index contributed by atoms with van der Waals surface area (Å²) in [5, 5.41) is 4.07. The maximum Gasteiger partial charge on any atom is 0.165 e. The average molecular weight is 258 g/mol. The smallest absolute Gasteiger partial charge is 0.165 e. The summed E-state index contributed by atoms with van der Waals surface area (Å²) in [4.78, 5) is 0. The lowest BCUT2D eigenvalue weighted by atomic mass is 10.2. The summed E-state index contributed by atoms with van der Waals surface area (Å²) in [5.74, 6) is -0.175. The molecule has 0 amide bonds. The molecule has 0 aliphatic carbocycles. The van der Waals surface area contributed by atoms with E-state index in [2.05, 4.69) is 10.5 Å². The first-order chi connectivity index (χ1) is 9.19. The number of benzene rings is 2. The fourth-order valence-electron chi connectivity index (χ4n) is 1.66. The summed E-state index contributed by atoms with van der Waals surface area (Å²) in [6, 6.07) is 12.5. The number of aryl methyl sites for hydroxylation is 1. The first-order valence-electron chi connectivity index (χ1n) is 5.88. The highest BCUT2D eigenvalue weighted by Gasteiger charge is 2.01. The van der Waals surface area contributed by atoms with E-state index in [0.717, 1.165) is 11.3 Å². The third-order valence-corrected chi connectivity index (χ3v) is 2.60. The molecular formula is C15H15FN2O. The standard InChI is InChI=1S/C15H15FN2O/c1-11-4-3-5-13(8-11)18-17-10-12-6-7-15(19-2)14(16)9-12/h3-10,18H,1-2H3/b17-10-. The summed E-state index contributed by atoms with van der Waals surface area (Å²) in [7, 11) is 1.44. The van der Waals surface area contributed by atoms with Gasteiger partial charge in [0.1, 0.15) is 0 Å². The molecule has 98 valence electrons. The van der Waals surface area contributed by atoms with E-state index in [1.165, 1.54) is 13.2 Å². The van der Waals surface area contributed by atoms with E-state index in [1.807, 2.05) is 31.2 Å². The molecule has 0 aliphatic heterocycles. The molecule has 2 rings (SSSR count). The number of hydrogen-bond donors (Lipinski definition) is 1. The molecule has 4 heteroatoms. The van der Waals surface area contributed by atoms with Crippen molar-refractivity contribution >= 4 is 11.9 Å². The molecule has 0 saturated carbocycles. The van der Waals surface area contributed by atoms with Crippen LogP contribution in [0.25, 0.3) is 0 Å². The minimum Gasteiger partial charge on any atom is -0.494 e. The van der Waals surface area contributed by atoms with Crippen LogP contribution in [-0.4, -0.2) is 13.3 Å². The van der Waals surface area contributed by atoms with Crippen molar-refractivity contribution < 1.29 is 9.13 Å². The minimum absolute atomic E-state index is 0.226. The van der Waals surface area contributed by atoms with Crippen molar-refractivity contribution in [1.82, 2.24) is 0 Å². The Morgan fingerprint density at radius 3 is 2.74 bits per heavy atom. The van der Waals surface area contributed by atoms with Gasteiger partial charge in [-0.25, -0.2) is 4.39 Å². The summed E-state index contributed by atoms with van der Waals surface area (Å²) in [6.07, 6.45) is 1.56. The maximum absolute atomic E-state index is 13.4. The Hall–Kier alpha value is -2.36. The summed E-state index contributed by atoms with van der Waals surface area (Å²) in [6.45, 7) is 2.01. The van der Waals surface area contributed by atoms with Crippen LogP contribution in [0.5, 0.6) is 5.75 Å². The number of anilines is 1. The van der Waals surface area contributed by atoms with Gasteiger partial charge in [-0.15, -0.1) is 0 Å². The topological polar surface area (TPSA) is 33.6 Å². The van der Waals surface area contributed by atoms with Crippen molar-refractivity contribution in [2.45, 2.75) is 6.92 Å². The summed E-state index contributed by atoms with van der Waals surface area (Å²) < 4.78 is 18.3. The molecule has 2 aromatic carbocycles. The van der Waals surface area contributed by atoms with E-state index >= 15 is 0 Å². The molecule has 0 saturated heterocycles. The summed E-state index contributed by atoms with van der Waals surface area (Å²) in [5.41, 5.74) is 5.61. The van der Waals surface area contributed by atoms with Gasteiger partial charge in [-0.05, 0) is 48.4 Å². The lowest BCUT2D eigenvalue weighted by Gasteiger charge is -2.03. The van der Waals surface area contributed by atoms with E-state index < -0.39 is 5.82 Å². The molecule has 0 aromatic heterocycles. The Balaban J connectivity index is 2.05. The highest BCUT2D eigenvalue weighted by Crippen LogP contribution is 2.16. The van der Waals surface area contributed by atoms with E-state index in [9.17, 15) is 4.39 Å². The van der Waals surface area contributed by atoms with Gasteiger partial charge in [-0.2, -0.15) is 5.10 Å². The highest BCUT2D eigenvalue weighted by molar-refractivity contribution is 5.80. The van der Waals surface area contributed by atoms with Crippen LogP contribution in [0.2, 0.25) is 0 Å². The molecule has 0 atom stereocenters. The van der Waals surface area contributed by atoms with Crippen molar-refractivity contribution in [2.24, 2.45) is 5.10 Å². The molecule has 0 bridgehead atoms. The van der Waals surface area contributed by atoms with Crippen molar-refractivity contribution in [3.8, 4) is 5.75 Å². The first-order valence-corrected chi connectivity index (χ1v) is 5.88. The Bertz CT molecular complexity index is 596. The fraction of sp³-hybridized carbons (Fsp3) is 0.133. The Morgan fingerprint density at radius 1 is 1.21 bits per heavy atom. The second-order valence-electron chi connectivity index (χ2n) is 4.13. The van der Waals surface area contributed by atoms with Crippen molar-refractivity contribution in [1.29, 1.82) is 0 Å². The molecule has 19 heavy (non-hydrogen) atoms. The number of nitrogens with one attached hydrogen (secondary N) is 1. The van der Waals surface area contributed by atoms with E-state index in [1.54, 1.807) is 18.3 Å². The van der Waals surface area contributed by atoms with Crippen molar-refractivity contribution in [2.75, 3.05) is 12.5 Å². The van der Waals surface area contributed by atoms with Crippen LogP contribution in [0.15, 0.2) is 47.6 Å². The molecule has 0 aliphatic rings. The fourth-order valence-corrected chi connectivity index (χ4v) is 1.66. The second-order valence-corrected chi connectivity index (χ2v) is 4.13. The van der Waals surface area contributed by atoms with Crippen LogP contribution >= 0.6 is 0 Å². The number of ether oxygens (including phenoxy) is 1. The number of nitrogens with zero attached hydrogens (tertiary/aromatic N) is 1. The van der Waals surface area contributed by atoms with Gasteiger partial charge in [-0.3, -0.25) is 5.43 Å². The van der Waals surface area contributed by atoms with Crippen LogP contribution in [-0.2, 0) is 0 Å². The van der Waals surface area contributed by atoms with Gasteiger partial charge < -0.3 is 4.74 Å². The molecule has 0 heterocycles. The zero-order valence-corrected chi connectivity index (χ0v) is 10.9. The zero-order chi connectivity index (χ0) is 13.7. The van der Waals surface area contributed by atoms with Gasteiger partial charge in [0.25, 0.3) is 0 Å². The Labute approximate surface area is 111 Å². The third kappa shape index (κ3) is 3.55. The molecule has 0 unspecified atom stereocenters. The van der Waals surface area contributed by atoms with Gasteiger partial charge in [0.2, 0.25) is 0 Å².